The van der Waals surface area contributed by atoms with E-state index in [1.807, 2.05) is 6.07 Å². The second-order valence-electron chi connectivity index (χ2n) is 12.2. The fraction of sp³-hybridized carbons (Fsp3) is 0.364. The number of carboxylic acids is 3. The summed E-state index contributed by atoms with van der Waals surface area (Å²) in [6, 6.07) is 0.891. The van der Waals surface area contributed by atoms with Gasteiger partial charge in [0, 0.05) is 43.2 Å². The lowest BCUT2D eigenvalue weighted by Gasteiger charge is -2.35. The predicted octanol–water partition coefficient (Wildman–Crippen LogP) is 1.40. The largest absolute Gasteiger partial charge is 0.479 e. The zero-order valence-electron chi connectivity index (χ0n) is 29.5. The number of hydrogen-bond acceptors (Lipinski definition) is 13. The lowest BCUT2D eigenvalue weighted by atomic mass is 9.82. The van der Waals surface area contributed by atoms with E-state index >= 15 is 0 Å². The molecule has 4 aromatic rings. The maximum absolute atomic E-state index is 13.6. The summed E-state index contributed by atoms with van der Waals surface area (Å²) in [6.45, 7) is 0. The molecule has 0 aromatic carbocycles. The molecule has 0 radical (unpaired) electrons. The summed E-state index contributed by atoms with van der Waals surface area (Å²) in [5.74, 6) is -6.61. The van der Waals surface area contributed by atoms with E-state index in [-0.39, 0.29) is 42.8 Å². The van der Waals surface area contributed by atoms with Gasteiger partial charge in [-0.15, -0.1) is 0 Å². The molecule has 0 fully saturated rings. The fourth-order valence-electron chi connectivity index (χ4n) is 5.40. The molecule has 10 N–H and O–H groups in total. The summed E-state index contributed by atoms with van der Waals surface area (Å²) < 4.78 is 0. The first-order valence-electron chi connectivity index (χ1n) is 16.9. The van der Waals surface area contributed by atoms with Gasteiger partial charge in [-0.05, 0) is 42.2 Å². The van der Waals surface area contributed by atoms with Crippen molar-refractivity contribution in [3.05, 3.63) is 79.1 Å². The Hall–Kier alpha value is -6.23. The minimum absolute atomic E-state index is 0.0421. The third-order valence-electron chi connectivity index (χ3n) is 8.24. The van der Waals surface area contributed by atoms with E-state index in [0.717, 1.165) is 5.03 Å². The molecule has 0 aliphatic rings. The predicted molar refractivity (Wildman–Crippen MR) is 197 cm³/mol. The highest BCUT2D eigenvalue weighted by Crippen LogP contribution is 2.31. The van der Waals surface area contributed by atoms with Crippen LogP contribution in [-0.2, 0) is 33.6 Å². The van der Waals surface area contributed by atoms with Gasteiger partial charge >= 0.3 is 17.9 Å². The summed E-state index contributed by atoms with van der Waals surface area (Å²) >= 11 is 0. The summed E-state index contributed by atoms with van der Waals surface area (Å²) in [5.41, 5.74) is -1.23. The molecular weight excluding hydrogens is 775 g/mol. The Labute approximate surface area is 325 Å². The van der Waals surface area contributed by atoms with Gasteiger partial charge in [-0.25, -0.2) is 34.3 Å². The van der Waals surface area contributed by atoms with E-state index in [9.17, 15) is 48.9 Å². The third kappa shape index (κ3) is 13.3. The van der Waals surface area contributed by atoms with Crippen molar-refractivity contribution < 1.29 is 48.9 Å². The number of amides is 4. The van der Waals surface area contributed by atoms with Crippen LogP contribution in [0, 0.1) is 0 Å². The number of aliphatic carboxylic acids is 3. The maximum Gasteiger partial charge on any atom is 0.332 e. The number of aromatic amines is 3. The van der Waals surface area contributed by atoms with Gasteiger partial charge in [-0.3, -0.25) is 19.2 Å². The number of rotatable bonds is 24. The third-order valence-corrected chi connectivity index (χ3v) is 10.5. The number of pyridine rings is 1. The van der Waals surface area contributed by atoms with Crippen LogP contribution in [0.1, 0.15) is 80.2 Å². The second kappa shape index (κ2) is 21.0. The van der Waals surface area contributed by atoms with Crippen LogP contribution in [0.3, 0.4) is 0 Å². The number of nitrogens with zero attached hydrogens (tertiary/aromatic N) is 4. The highest BCUT2D eigenvalue weighted by molar-refractivity contribution is 8.76. The molecule has 0 saturated heterocycles. The lowest BCUT2D eigenvalue weighted by Crippen LogP contribution is -2.51. The number of carboxylic acid groups (broad SMARTS) is 3. The molecule has 0 aliphatic carbocycles. The molecular formula is C33H39N11O10S2. The molecule has 56 heavy (non-hydrogen) atoms. The van der Waals surface area contributed by atoms with Crippen molar-refractivity contribution >= 4 is 63.1 Å². The number of carbonyl (C=O) groups excluding carboxylic acids is 4. The molecule has 4 rings (SSSR count). The second-order valence-corrected chi connectivity index (χ2v) is 14.6. The van der Waals surface area contributed by atoms with Gasteiger partial charge in [0.2, 0.25) is 23.6 Å². The van der Waals surface area contributed by atoms with Gasteiger partial charge in [0.05, 0.1) is 54.7 Å². The van der Waals surface area contributed by atoms with Crippen LogP contribution in [0.25, 0.3) is 0 Å². The summed E-state index contributed by atoms with van der Waals surface area (Å²) in [4.78, 5) is 113. The molecule has 4 heterocycles. The number of H-pyrrole nitrogens is 3. The number of carbonyl (C=O) groups is 7. The molecule has 0 spiro atoms. The van der Waals surface area contributed by atoms with E-state index in [0.29, 0.717) is 5.75 Å². The van der Waals surface area contributed by atoms with E-state index in [2.05, 4.69) is 56.2 Å². The first-order chi connectivity index (χ1) is 26.9. The molecule has 3 unspecified atom stereocenters. The molecule has 298 valence electrons. The van der Waals surface area contributed by atoms with Crippen LogP contribution in [-0.4, -0.2) is 103 Å². The summed E-state index contributed by atoms with van der Waals surface area (Å²) in [5, 5.41) is 40.1. The van der Waals surface area contributed by atoms with E-state index in [1.165, 1.54) is 59.2 Å². The SMILES string of the molecule is O=C(CCC(CCC(=O)NC(C(=O)O)c1cnc[nH]1)(CCC(=O)NC(C(=O)O)c1cnc[nH]1)NC(=O)CCSSc1ccccn1)NC(C(=O)O)c1cnc[nH]1. The van der Waals surface area contributed by atoms with Gasteiger partial charge in [0.25, 0.3) is 0 Å². The number of imidazole rings is 3. The molecule has 3 atom stereocenters. The highest BCUT2D eigenvalue weighted by Gasteiger charge is 2.36. The Bertz CT molecular complexity index is 1740. The van der Waals surface area contributed by atoms with Gasteiger partial charge in [0.1, 0.15) is 5.03 Å². The number of hydrogen-bond donors (Lipinski definition) is 10. The number of aromatic nitrogens is 7. The molecule has 0 bridgehead atoms. The Morgan fingerprint density at radius 2 is 1.05 bits per heavy atom. The number of nitrogens with one attached hydrogen (secondary N) is 7. The molecule has 4 amide bonds. The van der Waals surface area contributed by atoms with Crippen molar-refractivity contribution in [1.82, 2.24) is 56.2 Å². The van der Waals surface area contributed by atoms with E-state index in [4.69, 9.17) is 0 Å². The van der Waals surface area contributed by atoms with Crippen molar-refractivity contribution in [3.8, 4) is 0 Å². The molecule has 0 saturated carbocycles. The Morgan fingerprint density at radius 1 is 0.625 bits per heavy atom. The summed E-state index contributed by atoms with van der Waals surface area (Å²) in [6.07, 6.45) is 7.13. The van der Waals surface area contributed by atoms with Crippen LogP contribution in [0.2, 0.25) is 0 Å². The molecule has 0 aliphatic heterocycles. The van der Waals surface area contributed by atoms with E-state index in [1.54, 1.807) is 18.3 Å². The van der Waals surface area contributed by atoms with Crippen molar-refractivity contribution in [2.75, 3.05) is 5.75 Å². The van der Waals surface area contributed by atoms with Crippen molar-refractivity contribution in [3.63, 3.8) is 0 Å². The highest BCUT2D eigenvalue weighted by atomic mass is 33.1. The molecule has 23 heteroatoms. The Kier molecular flexibility index (Phi) is 16.0. The van der Waals surface area contributed by atoms with Crippen LogP contribution >= 0.6 is 21.6 Å². The quantitative estimate of drug-likeness (QED) is 0.0353. The van der Waals surface area contributed by atoms with Gasteiger partial charge < -0.3 is 51.5 Å². The van der Waals surface area contributed by atoms with Crippen molar-refractivity contribution in [2.45, 2.75) is 73.6 Å². The van der Waals surface area contributed by atoms with Gasteiger partial charge in [0.15, 0.2) is 18.1 Å². The van der Waals surface area contributed by atoms with Crippen molar-refractivity contribution in [2.24, 2.45) is 0 Å². The smallest absolute Gasteiger partial charge is 0.332 e. The molecule has 4 aromatic heterocycles. The van der Waals surface area contributed by atoms with Crippen molar-refractivity contribution in [1.29, 1.82) is 0 Å². The molecule has 21 nitrogen and oxygen atoms in total. The van der Waals surface area contributed by atoms with E-state index < -0.39 is 84.5 Å². The first-order valence-corrected chi connectivity index (χ1v) is 19.2. The zero-order chi connectivity index (χ0) is 40.5. The topological polar surface area (TPSA) is 327 Å². The van der Waals surface area contributed by atoms with Gasteiger partial charge in [-0.1, -0.05) is 16.9 Å². The minimum Gasteiger partial charge on any atom is -0.479 e. The zero-order valence-corrected chi connectivity index (χ0v) is 31.1. The normalized spacial score (nSPS) is 13.6. The Balaban J connectivity index is 1.56. The van der Waals surface area contributed by atoms with Crippen LogP contribution < -0.4 is 21.3 Å². The maximum atomic E-state index is 13.6. The fourth-order valence-corrected chi connectivity index (χ4v) is 7.27. The Morgan fingerprint density at radius 3 is 1.39 bits per heavy atom. The van der Waals surface area contributed by atoms with Crippen LogP contribution in [0.4, 0.5) is 0 Å². The summed E-state index contributed by atoms with van der Waals surface area (Å²) in [7, 11) is 2.69. The monoisotopic (exact) mass is 813 g/mol. The minimum atomic E-state index is -1.51. The lowest BCUT2D eigenvalue weighted by molar-refractivity contribution is -0.142. The standard InChI is InChI=1S/C33H39N11O10S2/c45-22(41-27(30(49)50)19-13-34-16-38-19)4-8-33(44-25(48)7-12-55-56-26-3-1-2-11-37-26,9-5-23(46)42-28(31(51)52)20-14-35-17-39-20)10-6-24(47)43-29(32(53)54)21-15-36-18-40-21/h1-3,11,13-18,27-29H,4-10,12H2,(H,34,38)(H,35,39)(H,36,40)(H,41,45)(H,42,46)(H,43,47)(H,44,48)(H,49,50)(H,51,52)(H,53,54). The average molecular weight is 814 g/mol. The average Bonchev–Trinajstić information content (AvgIpc) is 4.00. The van der Waals surface area contributed by atoms with Crippen LogP contribution in [0.5, 0.6) is 0 Å². The first kappa shape index (κ1) is 42.5. The van der Waals surface area contributed by atoms with Gasteiger partial charge in [-0.2, -0.15) is 0 Å². The van der Waals surface area contributed by atoms with Crippen LogP contribution in [0.15, 0.2) is 67.0 Å².